The van der Waals surface area contributed by atoms with Crippen LogP contribution in [0.25, 0.3) is 6.08 Å². The summed E-state index contributed by atoms with van der Waals surface area (Å²) in [6.07, 6.45) is 1.52. The lowest BCUT2D eigenvalue weighted by Crippen LogP contribution is -2.08. The van der Waals surface area contributed by atoms with E-state index in [0.29, 0.717) is 28.2 Å². The molecule has 2 aromatic carbocycles. The van der Waals surface area contributed by atoms with Crippen molar-refractivity contribution in [3.05, 3.63) is 68.9 Å². The third-order valence-electron chi connectivity index (χ3n) is 4.08. The number of nitro benzene ring substituents is 1. The SMILES string of the molecule is COc1ccc(OC)c(C=C2N=C(c3cccc([N+](=O)[O-])c3C)OC2=O)c1. The zero-order valence-electron chi connectivity index (χ0n) is 14.9. The zero-order valence-corrected chi connectivity index (χ0v) is 14.9. The first-order chi connectivity index (χ1) is 12.9. The third-order valence-corrected chi connectivity index (χ3v) is 4.08. The highest BCUT2D eigenvalue weighted by atomic mass is 16.6. The fourth-order valence-electron chi connectivity index (χ4n) is 2.68. The summed E-state index contributed by atoms with van der Waals surface area (Å²) >= 11 is 0. The first-order valence-electron chi connectivity index (χ1n) is 7.93. The molecule has 2 aromatic rings. The van der Waals surface area contributed by atoms with Crippen molar-refractivity contribution in [2.45, 2.75) is 6.92 Å². The predicted octanol–water partition coefficient (Wildman–Crippen LogP) is 3.26. The number of ether oxygens (including phenoxy) is 3. The van der Waals surface area contributed by atoms with Crippen LogP contribution in [0.4, 0.5) is 5.69 Å². The minimum atomic E-state index is -0.652. The number of esters is 1. The molecule has 0 amide bonds. The molecule has 0 bridgehead atoms. The van der Waals surface area contributed by atoms with Crippen LogP contribution < -0.4 is 9.47 Å². The molecular formula is C19H16N2O6. The molecule has 0 saturated heterocycles. The Morgan fingerprint density at radius 3 is 2.63 bits per heavy atom. The molecule has 0 unspecified atom stereocenters. The highest BCUT2D eigenvalue weighted by Gasteiger charge is 2.27. The molecule has 0 N–H and O–H groups in total. The third kappa shape index (κ3) is 3.50. The minimum Gasteiger partial charge on any atom is -0.497 e. The lowest BCUT2D eigenvalue weighted by molar-refractivity contribution is -0.385. The lowest BCUT2D eigenvalue weighted by Gasteiger charge is -2.07. The first kappa shape index (κ1) is 18.1. The number of carbonyl (C=O) groups excluding carboxylic acids is 1. The van der Waals surface area contributed by atoms with E-state index >= 15 is 0 Å². The summed E-state index contributed by atoms with van der Waals surface area (Å²) < 4.78 is 15.7. The van der Waals surface area contributed by atoms with E-state index in [1.54, 1.807) is 31.2 Å². The van der Waals surface area contributed by atoms with Crippen LogP contribution in [0.1, 0.15) is 16.7 Å². The second kappa shape index (κ2) is 7.28. The van der Waals surface area contributed by atoms with Gasteiger partial charge in [0.15, 0.2) is 5.70 Å². The molecule has 1 aliphatic heterocycles. The van der Waals surface area contributed by atoms with Gasteiger partial charge in [0.2, 0.25) is 5.90 Å². The predicted molar refractivity (Wildman–Crippen MR) is 98.0 cm³/mol. The maximum absolute atomic E-state index is 12.2. The van der Waals surface area contributed by atoms with Gasteiger partial charge < -0.3 is 14.2 Å². The molecule has 0 saturated carbocycles. The molecule has 0 atom stereocenters. The quantitative estimate of drug-likeness (QED) is 0.347. The van der Waals surface area contributed by atoms with E-state index in [9.17, 15) is 14.9 Å². The van der Waals surface area contributed by atoms with Crippen LogP contribution in [0.5, 0.6) is 11.5 Å². The standard InChI is InChI=1S/C19H16N2O6/c1-11-14(5-4-6-16(11)21(23)24)18-20-15(19(22)27-18)10-12-9-13(25-2)7-8-17(12)26-3/h4-10H,1-3H3. The van der Waals surface area contributed by atoms with E-state index in [1.807, 2.05) is 0 Å². The Morgan fingerprint density at radius 1 is 1.19 bits per heavy atom. The molecule has 0 spiro atoms. The number of aliphatic imine (C=N–C) groups is 1. The number of cyclic esters (lactones) is 1. The van der Waals surface area contributed by atoms with Gasteiger partial charge in [-0.15, -0.1) is 0 Å². The van der Waals surface area contributed by atoms with E-state index < -0.39 is 10.9 Å². The van der Waals surface area contributed by atoms with Crippen LogP contribution in [-0.4, -0.2) is 31.0 Å². The highest BCUT2D eigenvalue weighted by Crippen LogP contribution is 2.29. The topological polar surface area (TPSA) is 100 Å². The van der Waals surface area contributed by atoms with Gasteiger partial charge in [0, 0.05) is 22.8 Å². The van der Waals surface area contributed by atoms with Crippen LogP contribution >= 0.6 is 0 Å². The van der Waals surface area contributed by atoms with E-state index in [2.05, 4.69) is 4.99 Å². The molecule has 138 valence electrons. The van der Waals surface area contributed by atoms with Gasteiger partial charge in [-0.2, -0.15) is 0 Å². The molecule has 1 heterocycles. The zero-order chi connectivity index (χ0) is 19.6. The summed E-state index contributed by atoms with van der Waals surface area (Å²) in [5, 5.41) is 11.1. The smallest absolute Gasteiger partial charge is 0.363 e. The van der Waals surface area contributed by atoms with Gasteiger partial charge >= 0.3 is 5.97 Å². The van der Waals surface area contributed by atoms with Gasteiger partial charge in [-0.25, -0.2) is 9.79 Å². The van der Waals surface area contributed by atoms with Gasteiger partial charge in [-0.05, 0) is 37.3 Å². The molecule has 0 fully saturated rings. The average molecular weight is 368 g/mol. The van der Waals surface area contributed by atoms with Crippen molar-refractivity contribution in [3.8, 4) is 11.5 Å². The van der Waals surface area contributed by atoms with Gasteiger partial charge in [0.1, 0.15) is 11.5 Å². The summed E-state index contributed by atoms with van der Waals surface area (Å²) in [6, 6.07) is 9.65. The van der Waals surface area contributed by atoms with Crippen molar-refractivity contribution in [2.24, 2.45) is 4.99 Å². The Balaban J connectivity index is 2.04. The maximum Gasteiger partial charge on any atom is 0.363 e. The molecule has 27 heavy (non-hydrogen) atoms. The second-order valence-corrected chi connectivity index (χ2v) is 5.65. The van der Waals surface area contributed by atoms with Crippen LogP contribution in [0.3, 0.4) is 0 Å². The van der Waals surface area contributed by atoms with Gasteiger partial charge in [0.25, 0.3) is 5.69 Å². The van der Waals surface area contributed by atoms with Crippen molar-refractivity contribution in [2.75, 3.05) is 14.2 Å². The number of methoxy groups -OCH3 is 2. The Labute approximate surface area is 154 Å². The Hall–Kier alpha value is -3.68. The van der Waals surface area contributed by atoms with Crippen molar-refractivity contribution >= 4 is 23.6 Å². The summed E-state index contributed by atoms with van der Waals surface area (Å²) in [5.74, 6) is 0.495. The van der Waals surface area contributed by atoms with Crippen molar-refractivity contribution in [1.82, 2.24) is 0 Å². The van der Waals surface area contributed by atoms with E-state index in [0.717, 1.165) is 0 Å². The molecule has 1 aliphatic rings. The van der Waals surface area contributed by atoms with Crippen LogP contribution in [-0.2, 0) is 9.53 Å². The van der Waals surface area contributed by atoms with Gasteiger partial charge in [0.05, 0.1) is 19.1 Å². The molecular weight excluding hydrogens is 352 g/mol. The number of benzene rings is 2. The molecule has 8 nitrogen and oxygen atoms in total. The summed E-state index contributed by atoms with van der Waals surface area (Å²) in [6.45, 7) is 1.58. The molecule has 0 aromatic heterocycles. The number of carbonyl (C=O) groups is 1. The van der Waals surface area contributed by atoms with Crippen LogP contribution in [0.15, 0.2) is 47.1 Å². The fourth-order valence-corrected chi connectivity index (χ4v) is 2.68. The summed E-state index contributed by atoms with van der Waals surface area (Å²) in [5.41, 5.74) is 1.33. The number of hydrogen-bond donors (Lipinski definition) is 0. The number of rotatable bonds is 5. The summed E-state index contributed by atoms with van der Waals surface area (Å²) in [4.78, 5) is 27.1. The second-order valence-electron chi connectivity index (χ2n) is 5.65. The Kier molecular flexibility index (Phi) is 4.89. The summed E-state index contributed by atoms with van der Waals surface area (Å²) in [7, 11) is 3.04. The lowest BCUT2D eigenvalue weighted by atomic mass is 10.1. The Bertz CT molecular complexity index is 994. The monoisotopic (exact) mass is 368 g/mol. The molecule has 0 radical (unpaired) electrons. The van der Waals surface area contributed by atoms with Gasteiger partial charge in [-0.1, -0.05) is 6.07 Å². The van der Waals surface area contributed by atoms with Crippen LogP contribution in [0, 0.1) is 17.0 Å². The molecule has 0 aliphatic carbocycles. The average Bonchev–Trinajstić information content (AvgIpc) is 3.01. The van der Waals surface area contributed by atoms with Gasteiger partial charge in [-0.3, -0.25) is 10.1 Å². The van der Waals surface area contributed by atoms with Crippen molar-refractivity contribution < 1.29 is 23.9 Å². The van der Waals surface area contributed by atoms with Crippen molar-refractivity contribution in [3.63, 3.8) is 0 Å². The normalized spacial score (nSPS) is 14.7. The van der Waals surface area contributed by atoms with Crippen molar-refractivity contribution in [1.29, 1.82) is 0 Å². The Morgan fingerprint density at radius 2 is 1.96 bits per heavy atom. The molecule has 3 rings (SSSR count). The molecule has 8 heteroatoms. The maximum atomic E-state index is 12.2. The number of nitrogens with zero attached hydrogens (tertiary/aromatic N) is 2. The number of hydrogen-bond acceptors (Lipinski definition) is 7. The van der Waals surface area contributed by atoms with E-state index in [-0.39, 0.29) is 17.3 Å². The largest absolute Gasteiger partial charge is 0.497 e. The fraction of sp³-hybridized carbons (Fsp3) is 0.158. The van der Waals surface area contributed by atoms with E-state index in [1.165, 1.54) is 32.4 Å². The number of nitro groups is 1. The van der Waals surface area contributed by atoms with Crippen LogP contribution in [0.2, 0.25) is 0 Å². The first-order valence-corrected chi connectivity index (χ1v) is 7.93. The van der Waals surface area contributed by atoms with E-state index in [4.69, 9.17) is 14.2 Å². The minimum absolute atomic E-state index is 0.0225. The highest BCUT2D eigenvalue weighted by molar-refractivity contribution is 6.13.